The molecule has 0 atom stereocenters. The molecule has 0 aliphatic heterocycles. The summed E-state index contributed by atoms with van der Waals surface area (Å²) in [6, 6.07) is 16.6. The fraction of sp³-hybridized carbons (Fsp3) is 0.0417. The highest BCUT2D eigenvalue weighted by Gasteiger charge is 2.15. The van der Waals surface area contributed by atoms with E-state index in [0.29, 0.717) is 0 Å². The van der Waals surface area contributed by atoms with Crippen LogP contribution in [0.3, 0.4) is 0 Å². The number of aromatic amines is 2. The number of nitrogens with zero attached hydrogens (tertiary/aromatic N) is 4. The average molecular weight is 408 g/mol. The number of aryl methyl sites for hydroxylation is 1. The summed E-state index contributed by atoms with van der Waals surface area (Å²) < 4.78 is 15.2. The van der Waals surface area contributed by atoms with Crippen LogP contribution in [0.15, 0.2) is 73.2 Å². The Hall–Kier alpha value is -4.26. The minimum atomic E-state index is -0.266. The zero-order chi connectivity index (χ0) is 20.9. The van der Waals surface area contributed by atoms with E-state index >= 15 is 0 Å². The predicted octanol–water partition coefficient (Wildman–Crippen LogP) is 5.31. The second kappa shape index (κ2) is 6.63. The fourth-order valence-corrected chi connectivity index (χ4v) is 3.99. The van der Waals surface area contributed by atoms with Crippen molar-refractivity contribution in [3.8, 4) is 33.8 Å². The first-order valence-electron chi connectivity index (χ1n) is 9.87. The molecule has 0 saturated carbocycles. The van der Waals surface area contributed by atoms with Gasteiger partial charge in [-0.1, -0.05) is 6.07 Å². The summed E-state index contributed by atoms with van der Waals surface area (Å²) in [6.45, 7) is 0. The maximum Gasteiger partial charge on any atom is 0.123 e. The molecule has 0 aliphatic carbocycles. The van der Waals surface area contributed by atoms with Crippen molar-refractivity contribution >= 4 is 21.8 Å². The van der Waals surface area contributed by atoms with Gasteiger partial charge < -0.3 is 4.98 Å². The number of pyridine rings is 1. The van der Waals surface area contributed by atoms with Gasteiger partial charge in [0, 0.05) is 46.9 Å². The lowest BCUT2D eigenvalue weighted by Gasteiger charge is -2.02. The lowest BCUT2D eigenvalue weighted by atomic mass is 10.0. The van der Waals surface area contributed by atoms with Gasteiger partial charge in [-0.2, -0.15) is 10.2 Å². The van der Waals surface area contributed by atoms with Gasteiger partial charge in [0.2, 0.25) is 0 Å². The summed E-state index contributed by atoms with van der Waals surface area (Å²) in [5.74, 6) is -0.266. The Labute approximate surface area is 176 Å². The van der Waals surface area contributed by atoms with Gasteiger partial charge in [-0.15, -0.1) is 0 Å². The van der Waals surface area contributed by atoms with Gasteiger partial charge in [-0.05, 0) is 54.1 Å². The van der Waals surface area contributed by atoms with Crippen LogP contribution < -0.4 is 0 Å². The Morgan fingerprint density at radius 3 is 2.45 bits per heavy atom. The van der Waals surface area contributed by atoms with Crippen LogP contribution in [0, 0.1) is 5.82 Å². The molecule has 2 N–H and O–H groups in total. The van der Waals surface area contributed by atoms with Gasteiger partial charge in [0.1, 0.15) is 11.5 Å². The van der Waals surface area contributed by atoms with Gasteiger partial charge in [0.25, 0.3) is 0 Å². The minimum absolute atomic E-state index is 0.266. The van der Waals surface area contributed by atoms with Crippen molar-refractivity contribution in [2.24, 2.45) is 7.05 Å². The van der Waals surface area contributed by atoms with Gasteiger partial charge >= 0.3 is 0 Å². The number of hydrogen-bond donors (Lipinski definition) is 2. The number of aromatic nitrogens is 6. The van der Waals surface area contributed by atoms with Crippen molar-refractivity contribution in [3.05, 3.63) is 79.0 Å². The normalized spacial score (nSPS) is 11.5. The van der Waals surface area contributed by atoms with E-state index < -0.39 is 0 Å². The lowest BCUT2D eigenvalue weighted by molar-refractivity contribution is 0.628. The third kappa shape index (κ3) is 2.90. The average Bonchev–Trinajstić information content (AvgIpc) is 3.51. The highest BCUT2D eigenvalue weighted by molar-refractivity contribution is 6.00. The molecule has 2 aromatic carbocycles. The van der Waals surface area contributed by atoms with Crippen molar-refractivity contribution in [2.45, 2.75) is 0 Å². The molecular formula is C24H17FN6. The van der Waals surface area contributed by atoms with Gasteiger partial charge in [0.05, 0.1) is 23.1 Å². The van der Waals surface area contributed by atoms with Crippen molar-refractivity contribution in [1.29, 1.82) is 0 Å². The van der Waals surface area contributed by atoms with E-state index in [9.17, 15) is 4.39 Å². The van der Waals surface area contributed by atoms with Crippen molar-refractivity contribution < 1.29 is 4.39 Å². The number of nitrogens with one attached hydrogen (secondary N) is 2. The van der Waals surface area contributed by atoms with E-state index in [1.165, 1.54) is 12.1 Å². The Balaban J connectivity index is 1.50. The Bertz CT molecular complexity index is 1550. The first kappa shape index (κ1) is 17.6. The Morgan fingerprint density at radius 1 is 0.839 bits per heavy atom. The fourth-order valence-electron chi connectivity index (χ4n) is 3.99. The van der Waals surface area contributed by atoms with Crippen molar-refractivity contribution in [3.63, 3.8) is 0 Å². The molecule has 6 nitrogen and oxygen atoms in total. The zero-order valence-electron chi connectivity index (χ0n) is 16.6. The van der Waals surface area contributed by atoms with Crippen molar-refractivity contribution in [1.82, 2.24) is 29.9 Å². The number of fused-ring (bicyclic) bond motifs is 2. The lowest BCUT2D eigenvalue weighted by Crippen LogP contribution is -1.84. The molecule has 6 aromatic rings. The Morgan fingerprint density at radius 2 is 1.65 bits per heavy atom. The summed E-state index contributed by atoms with van der Waals surface area (Å²) in [5.41, 5.74) is 7.42. The molecule has 0 saturated heterocycles. The molecule has 0 bridgehead atoms. The molecule has 31 heavy (non-hydrogen) atoms. The molecule has 4 aromatic heterocycles. The standard InChI is InChI=1S/C24H17FN6/c1-31-13-16(12-27-31)15-4-7-21-18(10-15)24(30-29-21)22-11-19-20(28-22)8-9-26-23(19)14-2-5-17(25)6-3-14/h2-13,28H,1H3,(H,29,30). The van der Waals surface area contributed by atoms with E-state index in [4.69, 9.17) is 0 Å². The van der Waals surface area contributed by atoms with Gasteiger partial charge in [-0.25, -0.2) is 4.39 Å². The molecule has 0 spiro atoms. The third-order valence-corrected chi connectivity index (χ3v) is 5.52. The molecule has 0 amide bonds. The number of halogens is 1. The maximum atomic E-state index is 13.4. The summed E-state index contributed by atoms with van der Waals surface area (Å²) in [7, 11) is 1.91. The van der Waals surface area contributed by atoms with Crippen molar-refractivity contribution in [2.75, 3.05) is 0 Å². The summed E-state index contributed by atoms with van der Waals surface area (Å²) >= 11 is 0. The zero-order valence-corrected chi connectivity index (χ0v) is 16.6. The number of rotatable bonds is 3. The summed E-state index contributed by atoms with van der Waals surface area (Å²) in [5, 5.41) is 13.9. The van der Waals surface area contributed by atoms with Crippen LogP contribution in [0.5, 0.6) is 0 Å². The van der Waals surface area contributed by atoms with E-state index in [1.807, 2.05) is 37.6 Å². The predicted molar refractivity (Wildman–Crippen MR) is 119 cm³/mol. The molecule has 0 aliphatic rings. The first-order chi connectivity index (χ1) is 15.2. The van der Waals surface area contributed by atoms with Crippen LogP contribution in [0.25, 0.3) is 55.6 Å². The quantitative estimate of drug-likeness (QED) is 0.417. The molecule has 150 valence electrons. The monoisotopic (exact) mass is 408 g/mol. The number of hydrogen-bond acceptors (Lipinski definition) is 3. The van der Waals surface area contributed by atoms with Crippen LogP contribution in [0.4, 0.5) is 4.39 Å². The highest BCUT2D eigenvalue weighted by Crippen LogP contribution is 2.34. The van der Waals surface area contributed by atoms with Crippen LogP contribution >= 0.6 is 0 Å². The maximum absolute atomic E-state index is 13.4. The van der Waals surface area contributed by atoms with Crippen LogP contribution in [-0.4, -0.2) is 29.9 Å². The second-order valence-electron chi connectivity index (χ2n) is 7.55. The van der Waals surface area contributed by atoms with E-state index in [0.717, 1.165) is 55.6 Å². The number of H-pyrrole nitrogens is 2. The minimum Gasteiger partial charge on any atom is -0.353 e. The van der Waals surface area contributed by atoms with E-state index in [-0.39, 0.29) is 5.82 Å². The SMILES string of the molecule is Cn1cc(-c2ccc3[nH]nc(-c4cc5c(-c6ccc(F)cc6)nccc5[nH]4)c3c2)cn1. The van der Waals surface area contributed by atoms with Gasteiger partial charge in [0.15, 0.2) is 0 Å². The summed E-state index contributed by atoms with van der Waals surface area (Å²) in [4.78, 5) is 8.00. The van der Waals surface area contributed by atoms with E-state index in [1.54, 1.807) is 23.0 Å². The highest BCUT2D eigenvalue weighted by atomic mass is 19.1. The first-order valence-corrected chi connectivity index (χ1v) is 9.87. The van der Waals surface area contributed by atoms with Crippen LogP contribution in [0.2, 0.25) is 0 Å². The summed E-state index contributed by atoms with van der Waals surface area (Å²) in [6.07, 6.45) is 5.60. The third-order valence-electron chi connectivity index (χ3n) is 5.52. The topological polar surface area (TPSA) is 75.2 Å². The molecule has 4 heterocycles. The molecular weight excluding hydrogens is 391 g/mol. The van der Waals surface area contributed by atoms with Crippen LogP contribution in [0.1, 0.15) is 0 Å². The molecule has 6 rings (SSSR count). The molecule has 0 fully saturated rings. The van der Waals surface area contributed by atoms with Crippen LogP contribution in [-0.2, 0) is 7.05 Å². The second-order valence-corrected chi connectivity index (χ2v) is 7.55. The largest absolute Gasteiger partial charge is 0.353 e. The molecule has 7 heteroatoms. The molecule has 0 unspecified atom stereocenters. The molecule has 0 radical (unpaired) electrons. The van der Waals surface area contributed by atoms with Gasteiger partial charge in [-0.3, -0.25) is 14.8 Å². The van der Waals surface area contributed by atoms with E-state index in [2.05, 4.69) is 37.4 Å². The Kier molecular flexibility index (Phi) is 3.76. The number of benzene rings is 2. The smallest absolute Gasteiger partial charge is 0.123 e.